The van der Waals surface area contributed by atoms with Gasteiger partial charge in [0.05, 0.1) is 0 Å². The zero-order chi connectivity index (χ0) is 17.8. The lowest BCUT2D eigenvalue weighted by Crippen LogP contribution is -2.49. The summed E-state index contributed by atoms with van der Waals surface area (Å²) < 4.78 is 6.84. The van der Waals surface area contributed by atoms with Gasteiger partial charge in [-0.25, -0.2) is 0 Å². The van der Waals surface area contributed by atoms with Crippen molar-refractivity contribution < 1.29 is 14.0 Å². The van der Waals surface area contributed by atoms with Gasteiger partial charge in [-0.1, -0.05) is 25.0 Å². The van der Waals surface area contributed by atoms with E-state index in [-0.39, 0.29) is 23.5 Å². The number of carbonyl (C=O) groups is 2. The van der Waals surface area contributed by atoms with Crippen molar-refractivity contribution in [1.82, 2.24) is 10.6 Å². The first-order valence-electron chi connectivity index (χ1n) is 8.46. The van der Waals surface area contributed by atoms with Gasteiger partial charge in [-0.2, -0.15) is 0 Å². The number of carbonyl (C=O) groups excluding carboxylic acids is 2. The van der Waals surface area contributed by atoms with Gasteiger partial charge in [-0.3, -0.25) is 9.59 Å². The van der Waals surface area contributed by atoms with E-state index in [9.17, 15) is 9.59 Å². The normalized spacial score (nSPS) is 15.8. The van der Waals surface area contributed by atoms with Crippen LogP contribution >= 0.6 is 22.6 Å². The number of halogens is 1. The van der Waals surface area contributed by atoms with Gasteiger partial charge in [-0.05, 0) is 65.6 Å². The topological polar surface area (TPSA) is 71.3 Å². The second kappa shape index (κ2) is 8.03. The molecule has 0 radical (unpaired) electrons. The summed E-state index contributed by atoms with van der Waals surface area (Å²) in [5.74, 6) is 0.552. The van der Waals surface area contributed by atoms with Gasteiger partial charge in [0.2, 0.25) is 5.91 Å². The number of furan rings is 1. The van der Waals surface area contributed by atoms with Crippen LogP contribution in [0.2, 0.25) is 0 Å². The number of hydrogen-bond acceptors (Lipinski definition) is 3. The fourth-order valence-electron chi connectivity index (χ4n) is 3.29. The van der Waals surface area contributed by atoms with Crippen molar-refractivity contribution in [3.05, 3.63) is 45.7 Å². The molecule has 1 fully saturated rings. The molecule has 1 saturated carbocycles. The minimum absolute atomic E-state index is 0.148. The highest BCUT2D eigenvalue weighted by Gasteiger charge is 2.32. The molecule has 1 aromatic carbocycles. The maximum atomic E-state index is 12.5. The van der Waals surface area contributed by atoms with Crippen LogP contribution in [0.1, 0.15) is 36.2 Å². The van der Waals surface area contributed by atoms with Crippen LogP contribution in [-0.2, 0) is 4.79 Å². The van der Waals surface area contributed by atoms with E-state index in [0.29, 0.717) is 5.76 Å². The number of hydrogen-bond donors (Lipinski definition) is 2. The summed E-state index contributed by atoms with van der Waals surface area (Å²) in [6, 6.07) is 10.8. The average Bonchev–Trinajstić information content (AvgIpc) is 3.31. The fraction of sp³-hybridized carbons (Fsp3) is 0.368. The van der Waals surface area contributed by atoms with Crippen LogP contribution in [-0.4, -0.2) is 24.9 Å². The number of nitrogens with one attached hydrogen (secondary N) is 2. The third-order valence-electron chi connectivity index (χ3n) is 4.65. The lowest BCUT2D eigenvalue weighted by Gasteiger charge is -2.22. The Hall–Kier alpha value is -1.83. The zero-order valence-electron chi connectivity index (χ0n) is 14.0. The molecule has 0 bridgehead atoms. The molecule has 0 spiro atoms. The Kier molecular flexibility index (Phi) is 5.78. The van der Waals surface area contributed by atoms with E-state index in [1.165, 1.54) is 0 Å². The van der Waals surface area contributed by atoms with Crippen LogP contribution < -0.4 is 10.6 Å². The summed E-state index contributed by atoms with van der Waals surface area (Å²) in [5, 5.41) is 5.50. The quantitative estimate of drug-likeness (QED) is 0.682. The van der Waals surface area contributed by atoms with Crippen molar-refractivity contribution in [3.63, 3.8) is 0 Å². The molecular formula is C19H21IN2O3. The fourth-order valence-corrected chi connectivity index (χ4v) is 3.64. The third kappa shape index (κ3) is 4.23. The van der Waals surface area contributed by atoms with E-state index < -0.39 is 6.04 Å². The van der Waals surface area contributed by atoms with Crippen LogP contribution in [0.15, 0.2) is 40.8 Å². The van der Waals surface area contributed by atoms with E-state index in [1.807, 2.05) is 24.3 Å². The Labute approximate surface area is 160 Å². The van der Waals surface area contributed by atoms with Crippen molar-refractivity contribution in [2.75, 3.05) is 7.05 Å². The zero-order valence-corrected chi connectivity index (χ0v) is 16.2. The lowest BCUT2D eigenvalue weighted by molar-refractivity contribution is -0.123. The van der Waals surface area contributed by atoms with Gasteiger partial charge in [0.1, 0.15) is 11.8 Å². The second-order valence-corrected chi connectivity index (χ2v) is 7.53. The van der Waals surface area contributed by atoms with Crippen molar-refractivity contribution in [3.8, 4) is 11.3 Å². The molecule has 0 aliphatic heterocycles. The predicted molar refractivity (Wildman–Crippen MR) is 104 cm³/mol. The Morgan fingerprint density at radius 3 is 2.44 bits per heavy atom. The summed E-state index contributed by atoms with van der Waals surface area (Å²) in [6.45, 7) is 0. The van der Waals surface area contributed by atoms with Crippen LogP contribution in [0, 0.1) is 9.49 Å². The SMILES string of the molecule is CNC(=O)[C@@H](NC(=O)c1ccc(-c2ccc(I)cc2)o1)C1CCCC1. The standard InChI is InChI=1S/C19H21IN2O3/c1-21-19(24)17(13-4-2-3-5-13)22-18(23)16-11-10-15(25-16)12-6-8-14(20)9-7-12/h6-11,13,17H,2-5H2,1H3,(H,21,24)(H,22,23)/t17-/m0/s1. The van der Waals surface area contributed by atoms with Crippen LogP contribution in [0.5, 0.6) is 0 Å². The average molecular weight is 452 g/mol. The van der Waals surface area contributed by atoms with Crippen LogP contribution in [0.4, 0.5) is 0 Å². The molecule has 1 aliphatic rings. The van der Waals surface area contributed by atoms with Crippen molar-refractivity contribution in [2.24, 2.45) is 5.92 Å². The molecule has 6 heteroatoms. The van der Waals surface area contributed by atoms with Gasteiger partial charge in [0.25, 0.3) is 5.91 Å². The molecule has 2 amide bonds. The smallest absolute Gasteiger partial charge is 0.287 e. The molecular weight excluding hydrogens is 431 g/mol. The Bertz CT molecular complexity index is 748. The molecule has 5 nitrogen and oxygen atoms in total. The summed E-state index contributed by atoms with van der Waals surface area (Å²) in [4.78, 5) is 24.7. The molecule has 2 N–H and O–H groups in total. The molecule has 1 heterocycles. The van der Waals surface area contributed by atoms with Crippen LogP contribution in [0.3, 0.4) is 0 Å². The first kappa shape index (κ1) is 18.0. The molecule has 0 unspecified atom stereocenters. The number of benzene rings is 1. The molecule has 2 aromatic rings. The maximum absolute atomic E-state index is 12.5. The summed E-state index contributed by atoms with van der Waals surface area (Å²) in [7, 11) is 1.60. The third-order valence-corrected chi connectivity index (χ3v) is 5.36. The van der Waals surface area contributed by atoms with Crippen molar-refractivity contribution in [2.45, 2.75) is 31.7 Å². The maximum Gasteiger partial charge on any atom is 0.287 e. The lowest BCUT2D eigenvalue weighted by atomic mass is 9.97. The highest BCUT2D eigenvalue weighted by atomic mass is 127. The van der Waals surface area contributed by atoms with E-state index in [4.69, 9.17) is 4.42 Å². The second-order valence-electron chi connectivity index (χ2n) is 6.28. The largest absolute Gasteiger partial charge is 0.451 e. The van der Waals surface area contributed by atoms with Crippen molar-refractivity contribution in [1.29, 1.82) is 0 Å². The number of rotatable bonds is 5. The minimum Gasteiger partial charge on any atom is -0.451 e. The van der Waals surface area contributed by atoms with Gasteiger partial charge >= 0.3 is 0 Å². The number of amides is 2. The van der Waals surface area contributed by atoms with E-state index in [1.54, 1.807) is 19.2 Å². The Balaban J connectivity index is 1.73. The van der Waals surface area contributed by atoms with Crippen LogP contribution in [0.25, 0.3) is 11.3 Å². The van der Waals surface area contributed by atoms with Gasteiger partial charge in [-0.15, -0.1) is 0 Å². The molecule has 25 heavy (non-hydrogen) atoms. The van der Waals surface area contributed by atoms with E-state index in [2.05, 4.69) is 33.2 Å². The van der Waals surface area contributed by atoms with E-state index in [0.717, 1.165) is 34.8 Å². The van der Waals surface area contributed by atoms with Gasteiger partial charge in [0.15, 0.2) is 5.76 Å². The molecule has 132 valence electrons. The molecule has 1 aromatic heterocycles. The first-order chi connectivity index (χ1) is 12.1. The molecule has 3 rings (SSSR count). The summed E-state index contributed by atoms with van der Waals surface area (Å²) in [5.41, 5.74) is 0.915. The number of likely N-dealkylation sites (N-methyl/N-ethyl adjacent to an activating group) is 1. The monoisotopic (exact) mass is 452 g/mol. The Morgan fingerprint density at radius 2 is 1.80 bits per heavy atom. The van der Waals surface area contributed by atoms with E-state index >= 15 is 0 Å². The molecule has 1 atom stereocenters. The minimum atomic E-state index is -0.508. The highest BCUT2D eigenvalue weighted by Crippen LogP contribution is 2.28. The predicted octanol–water partition coefficient (Wildman–Crippen LogP) is 3.59. The summed E-state index contributed by atoms with van der Waals surface area (Å²) in [6.07, 6.45) is 4.13. The molecule has 0 saturated heterocycles. The van der Waals surface area contributed by atoms with Gasteiger partial charge < -0.3 is 15.1 Å². The highest BCUT2D eigenvalue weighted by molar-refractivity contribution is 14.1. The summed E-state index contributed by atoms with van der Waals surface area (Å²) >= 11 is 2.24. The van der Waals surface area contributed by atoms with Gasteiger partial charge in [0, 0.05) is 16.2 Å². The van der Waals surface area contributed by atoms with Crippen molar-refractivity contribution >= 4 is 34.4 Å². The molecule has 1 aliphatic carbocycles. The Morgan fingerprint density at radius 1 is 1.12 bits per heavy atom. The first-order valence-corrected chi connectivity index (χ1v) is 9.54.